The topological polar surface area (TPSA) is 59.2 Å². The van der Waals surface area contributed by atoms with Gasteiger partial charge in [-0.2, -0.15) is 13.8 Å². The predicted molar refractivity (Wildman–Crippen MR) is 60.2 cm³/mol. The van der Waals surface area contributed by atoms with Crippen molar-refractivity contribution >= 4 is 0 Å². The van der Waals surface area contributed by atoms with Crippen LogP contribution in [0, 0.1) is 5.92 Å². The maximum Gasteiger partial charge on any atom is 0.307 e. The van der Waals surface area contributed by atoms with Crippen molar-refractivity contribution < 1.29 is 18.4 Å². The van der Waals surface area contributed by atoms with Crippen molar-refractivity contribution in [1.82, 2.24) is 10.1 Å². The second kappa shape index (κ2) is 4.57. The maximum absolute atomic E-state index is 13.0. The highest BCUT2D eigenvalue weighted by Gasteiger charge is 2.36. The molecule has 2 rings (SSSR count). The van der Waals surface area contributed by atoms with Crippen LogP contribution in [0.5, 0.6) is 0 Å². The number of rotatable bonds is 3. The van der Waals surface area contributed by atoms with E-state index >= 15 is 0 Å². The number of aliphatic hydroxyl groups is 1. The van der Waals surface area contributed by atoms with Gasteiger partial charge in [0.1, 0.15) is 0 Å². The third-order valence-corrected chi connectivity index (χ3v) is 3.41. The van der Waals surface area contributed by atoms with Gasteiger partial charge in [-0.05, 0) is 18.8 Å². The molecule has 0 bridgehead atoms. The molecular formula is C12H18F2N2O2. The largest absolute Gasteiger partial charge is 0.389 e. The lowest BCUT2D eigenvalue weighted by Crippen LogP contribution is -2.36. The summed E-state index contributed by atoms with van der Waals surface area (Å²) in [5, 5.41) is 13.6. The average Bonchev–Trinajstić information content (AvgIpc) is 2.64. The molecule has 0 spiro atoms. The van der Waals surface area contributed by atoms with Crippen molar-refractivity contribution in [1.29, 1.82) is 0 Å². The molecule has 0 aliphatic heterocycles. The van der Waals surface area contributed by atoms with E-state index in [4.69, 9.17) is 4.52 Å². The minimum atomic E-state index is -3.11. The molecule has 1 aliphatic rings. The zero-order chi connectivity index (χ0) is 13.4. The standard InChI is InChI=1S/C12H18F2N2O2/c1-8-4-3-5-12(17,6-8)7-9-15-10(16-18-9)11(2,13)14/h8,17H,3-7H2,1-2H3/t8-,12-/m1/s1. The maximum atomic E-state index is 13.0. The van der Waals surface area contributed by atoms with Crippen molar-refractivity contribution in [3.8, 4) is 0 Å². The summed E-state index contributed by atoms with van der Waals surface area (Å²) in [5.41, 5.74) is -0.898. The third-order valence-electron chi connectivity index (χ3n) is 3.41. The smallest absolute Gasteiger partial charge is 0.307 e. The van der Waals surface area contributed by atoms with Crippen LogP contribution in [0.4, 0.5) is 8.78 Å². The van der Waals surface area contributed by atoms with Gasteiger partial charge in [0, 0.05) is 6.92 Å². The van der Waals surface area contributed by atoms with Gasteiger partial charge in [-0.25, -0.2) is 0 Å². The summed E-state index contributed by atoms with van der Waals surface area (Å²) in [5.74, 6) is -3.21. The van der Waals surface area contributed by atoms with E-state index in [1.807, 2.05) is 0 Å². The Morgan fingerprint density at radius 1 is 1.56 bits per heavy atom. The van der Waals surface area contributed by atoms with E-state index in [1.165, 1.54) is 0 Å². The van der Waals surface area contributed by atoms with Crippen LogP contribution in [0.15, 0.2) is 4.52 Å². The van der Waals surface area contributed by atoms with Crippen LogP contribution < -0.4 is 0 Å². The Kier molecular flexibility index (Phi) is 3.40. The van der Waals surface area contributed by atoms with E-state index in [-0.39, 0.29) is 12.3 Å². The number of alkyl halides is 2. The molecule has 0 aromatic carbocycles. The summed E-state index contributed by atoms with van der Waals surface area (Å²) in [6.07, 6.45) is 3.47. The zero-order valence-electron chi connectivity index (χ0n) is 10.6. The van der Waals surface area contributed by atoms with Gasteiger partial charge in [-0.1, -0.05) is 24.9 Å². The molecule has 1 aromatic rings. The predicted octanol–water partition coefficient (Wildman–Crippen LogP) is 2.67. The number of nitrogens with zero attached hydrogens (tertiary/aromatic N) is 2. The minimum absolute atomic E-state index is 0.0862. The summed E-state index contributed by atoms with van der Waals surface area (Å²) >= 11 is 0. The summed E-state index contributed by atoms with van der Waals surface area (Å²) in [4.78, 5) is 3.66. The van der Waals surface area contributed by atoms with Crippen molar-refractivity contribution in [3.05, 3.63) is 11.7 Å². The Hall–Kier alpha value is -1.04. The Labute approximate surface area is 104 Å². The van der Waals surface area contributed by atoms with Gasteiger partial charge >= 0.3 is 5.92 Å². The Balaban J connectivity index is 2.07. The van der Waals surface area contributed by atoms with Crippen LogP contribution in [0.1, 0.15) is 51.2 Å². The number of hydrogen-bond donors (Lipinski definition) is 1. The van der Waals surface area contributed by atoms with Crippen LogP contribution in [0.25, 0.3) is 0 Å². The summed E-state index contributed by atoms with van der Waals surface area (Å²) < 4.78 is 30.7. The first-order chi connectivity index (χ1) is 8.28. The van der Waals surface area contributed by atoms with Crippen LogP contribution in [0.2, 0.25) is 0 Å². The fourth-order valence-electron chi connectivity index (χ4n) is 2.58. The Morgan fingerprint density at radius 3 is 2.83 bits per heavy atom. The molecule has 1 N–H and O–H groups in total. The lowest BCUT2D eigenvalue weighted by Gasteiger charge is -2.34. The molecule has 1 aliphatic carbocycles. The zero-order valence-corrected chi connectivity index (χ0v) is 10.6. The molecule has 1 saturated carbocycles. The Morgan fingerprint density at radius 2 is 2.28 bits per heavy atom. The highest BCUT2D eigenvalue weighted by Crippen LogP contribution is 2.34. The third kappa shape index (κ3) is 3.04. The van der Waals surface area contributed by atoms with Crippen molar-refractivity contribution in [2.24, 2.45) is 5.92 Å². The van der Waals surface area contributed by atoms with Gasteiger partial charge in [0.15, 0.2) is 0 Å². The lowest BCUT2D eigenvalue weighted by atomic mass is 9.77. The number of hydrogen-bond acceptors (Lipinski definition) is 4. The molecule has 102 valence electrons. The lowest BCUT2D eigenvalue weighted by molar-refractivity contribution is -0.0180. The molecule has 0 radical (unpaired) electrons. The van der Waals surface area contributed by atoms with E-state index in [0.29, 0.717) is 18.8 Å². The second-order valence-corrected chi connectivity index (χ2v) is 5.50. The summed E-state index contributed by atoms with van der Waals surface area (Å²) in [6.45, 7) is 2.79. The van der Waals surface area contributed by atoms with Crippen LogP contribution >= 0.6 is 0 Å². The van der Waals surface area contributed by atoms with Crippen molar-refractivity contribution in [2.75, 3.05) is 0 Å². The van der Waals surface area contributed by atoms with Crippen molar-refractivity contribution in [3.63, 3.8) is 0 Å². The van der Waals surface area contributed by atoms with Crippen LogP contribution in [0.3, 0.4) is 0 Å². The van der Waals surface area contributed by atoms with Gasteiger partial charge in [0.25, 0.3) is 0 Å². The highest BCUT2D eigenvalue weighted by molar-refractivity contribution is 4.98. The summed E-state index contributed by atoms with van der Waals surface area (Å²) in [7, 11) is 0. The Bertz CT molecular complexity index is 416. The molecule has 1 heterocycles. The summed E-state index contributed by atoms with van der Waals surface area (Å²) in [6, 6.07) is 0. The molecule has 0 unspecified atom stereocenters. The van der Waals surface area contributed by atoms with E-state index in [9.17, 15) is 13.9 Å². The van der Waals surface area contributed by atoms with Gasteiger partial charge in [-0.3, -0.25) is 0 Å². The highest BCUT2D eigenvalue weighted by atomic mass is 19.3. The van der Waals surface area contributed by atoms with Crippen LogP contribution in [-0.4, -0.2) is 20.8 Å². The van der Waals surface area contributed by atoms with E-state index in [1.54, 1.807) is 0 Å². The van der Waals surface area contributed by atoms with E-state index < -0.39 is 17.3 Å². The fourth-order valence-corrected chi connectivity index (χ4v) is 2.58. The molecule has 2 atom stereocenters. The first kappa shape index (κ1) is 13.4. The first-order valence-corrected chi connectivity index (χ1v) is 6.22. The quantitative estimate of drug-likeness (QED) is 0.907. The molecule has 6 heteroatoms. The van der Waals surface area contributed by atoms with Gasteiger partial charge in [0.05, 0.1) is 12.0 Å². The fraction of sp³-hybridized carbons (Fsp3) is 0.833. The number of halogens is 2. The first-order valence-electron chi connectivity index (χ1n) is 6.22. The van der Waals surface area contributed by atoms with Gasteiger partial charge < -0.3 is 9.63 Å². The molecule has 1 aromatic heterocycles. The molecule has 1 fully saturated rings. The molecule has 4 nitrogen and oxygen atoms in total. The van der Waals surface area contributed by atoms with Gasteiger partial charge in [-0.15, -0.1) is 0 Å². The van der Waals surface area contributed by atoms with E-state index in [2.05, 4.69) is 17.1 Å². The van der Waals surface area contributed by atoms with E-state index in [0.717, 1.165) is 19.8 Å². The average molecular weight is 260 g/mol. The number of aromatic nitrogens is 2. The molecular weight excluding hydrogens is 242 g/mol. The second-order valence-electron chi connectivity index (χ2n) is 5.50. The molecule has 18 heavy (non-hydrogen) atoms. The monoisotopic (exact) mass is 260 g/mol. The molecule has 0 amide bonds. The van der Waals surface area contributed by atoms with Gasteiger partial charge in [0.2, 0.25) is 11.7 Å². The van der Waals surface area contributed by atoms with Crippen LogP contribution in [-0.2, 0) is 12.3 Å². The SMILES string of the molecule is C[C@@H]1CCC[C@](O)(Cc2nc(C(C)(F)F)no2)C1. The van der Waals surface area contributed by atoms with Crippen molar-refractivity contribution in [2.45, 2.75) is 57.5 Å². The minimum Gasteiger partial charge on any atom is -0.389 e. The molecule has 0 saturated heterocycles. The normalized spacial score (nSPS) is 29.5.